The van der Waals surface area contributed by atoms with Gasteiger partial charge in [-0.25, -0.2) is 0 Å². The Bertz CT molecular complexity index is 442. The summed E-state index contributed by atoms with van der Waals surface area (Å²) in [6.45, 7) is 6.94. The summed E-state index contributed by atoms with van der Waals surface area (Å²) in [4.78, 5) is 16.1. The van der Waals surface area contributed by atoms with Gasteiger partial charge < -0.3 is 5.32 Å². The van der Waals surface area contributed by atoms with Crippen LogP contribution >= 0.6 is 0 Å². The van der Waals surface area contributed by atoms with Gasteiger partial charge >= 0.3 is 0 Å². The molecule has 21 heavy (non-hydrogen) atoms. The van der Waals surface area contributed by atoms with E-state index in [1.807, 2.05) is 12.1 Å². The molecule has 0 aliphatic heterocycles. The molecule has 1 aliphatic rings. The molecule has 1 saturated carbocycles. The van der Waals surface area contributed by atoms with Gasteiger partial charge in [-0.1, -0.05) is 26.8 Å². The van der Waals surface area contributed by atoms with Crippen LogP contribution in [0.2, 0.25) is 0 Å². The van der Waals surface area contributed by atoms with E-state index in [0.717, 1.165) is 24.3 Å². The second-order valence-electron chi connectivity index (χ2n) is 7.59. The van der Waals surface area contributed by atoms with Crippen LogP contribution in [0.3, 0.4) is 0 Å². The van der Waals surface area contributed by atoms with Crippen LogP contribution in [0.1, 0.15) is 58.4 Å². The van der Waals surface area contributed by atoms with Crippen LogP contribution in [0.5, 0.6) is 0 Å². The van der Waals surface area contributed by atoms with Gasteiger partial charge in [0, 0.05) is 18.4 Å². The molecule has 2 rings (SSSR count). The zero-order valence-electron chi connectivity index (χ0n) is 13.6. The van der Waals surface area contributed by atoms with Crippen LogP contribution in [0, 0.1) is 11.3 Å². The minimum Gasteiger partial charge on any atom is -0.353 e. The second kappa shape index (κ2) is 7.06. The SMILES string of the molecule is CC(C)(C)C[C@H]1CC[C@H](NC(=O)Cc2cccnc2)CC1. The average Bonchev–Trinajstić information content (AvgIpc) is 2.40. The van der Waals surface area contributed by atoms with Crippen molar-refractivity contribution in [3.63, 3.8) is 0 Å². The Kier molecular flexibility index (Phi) is 5.38. The van der Waals surface area contributed by atoms with Crippen molar-refractivity contribution in [2.75, 3.05) is 0 Å². The molecule has 1 amide bonds. The number of hydrogen-bond donors (Lipinski definition) is 1. The largest absolute Gasteiger partial charge is 0.353 e. The summed E-state index contributed by atoms with van der Waals surface area (Å²) in [7, 11) is 0. The first kappa shape index (κ1) is 16.0. The highest BCUT2D eigenvalue weighted by atomic mass is 16.1. The molecule has 1 heterocycles. The minimum atomic E-state index is 0.127. The molecule has 0 bridgehead atoms. The lowest BCUT2D eigenvalue weighted by molar-refractivity contribution is -0.121. The van der Waals surface area contributed by atoms with E-state index in [1.54, 1.807) is 12.4 Å². The van der Waals surface area contributed by atoms with E-state index in [-0.39, 0.29) is 5.91 Å². The Morgan fingerprint density at radius 1 is 1.29 bits per heavy atom. The maximum absolute atomic E-state index is 12.1. The maximum Gasteiger partial charge on any atom is 0.224 e. The molecule has 1 aromatic rings. The van der Waals surface area contributed by atoms with Gasteiger partial charge in [0.15, 0.2) is 0 Å². The van der Waals surface area contributed by atoms with Crippen LogP contribution < -0.4 is 5.32 Å². The molecular weight excluding hydrogens is 260 g/mol. The van der Waals surface area contributed by atoms with E-state index in [0.29, 0.717) is 17.9 Å². The summed E-state index contributed by atoms with van der Waals surface area (Å²) in [5.74, 6) is 0.957. The molecule has 1 aliphatic carbocycles. The van der Waals surface area contributed by atoms with Crippen molar-refractivity contribution in [1.29, 1.82) is 0 Å². The van der Waals surface area contributed by atoms with Crippen LogP contribution in [-0.4, -0.2) is 16.9 Å². The smallest absolute Gasteiger partial charge is 0.224 e. The van der Waals surface area contributed by atoms with Gasteiger partial charge in [-0.3, -0.25) is 9.78 Å². The fourth-order valence-electron chi connectivity index (χ4n) is 3.34. The molecule has 1 fully saturated rings. The summed E-state index contributed by atoms with van der Waals surface area (Å²) >= 11 is 0. The van der Waals surface area contributed by atoms with Gasteiger partial charge in [-0.2, -0.15) is 0 Å². The molecule has 0 spiro atoms. The van der Waals surface area contributed by atoms with E-state index in [2.05, 4.69) is 31.1 Å². The molecule has 0 radical (unpaired) electrons. The van der Waals surface area contributed by atoms with Gasteiger partial charge in [0.2, 0.25) is 5.91 Å². The van der Waals surface area contributed by atoms with Crippen molar-refractivity contribution in [2.45, 2.75) is 65.3 Å². The zero-order chi connectivity index (χ0) is 15.3. The summed E-state index contributed by atoms with van der Waals surface area (Å²) in [5, 5.41) is 3.18. The number of hydrogen-bond acceptors (Lipinski definition) is 2. The second-order valence-corrected chi connectivity index (χ2v) is 7.59. The average molecular weight is 288 g/mol. The van der Waals surface area contributed by atoms with Crippen molar-refractivity contribution >= 4 is 5.91 Å². The maximum atomic E-state index is 12.1. The third-order valence-corrected chi connectivity index (χ3v) is 4.20. The molecule has 116 valence electrons. The third kappa shape index (κ3) is 5.86. The van der Waals surface area contributed by atoms with Crippen LogP contribution in [0.15, 0.2) is 24.5 Å². The Hall–Kier alpha value is -1.38. The molecular formula is C18H28N2O. The molecule has 0 aromatic carbocycles. The highest BCUT2D eigenvalue weighted by molar-refractivity contribution is 5.78. The van der Waals surface area contributed by atoms with E-state index in [4.69, 9.17) is 0 Å². The number of amides is 1. The number of nitrogens with one attached hydrogen (secondary N) is 1. The summed E-state index contributed by atoms with van der Waals surface area (Å²) in [6, 6.07) is 4.19. The Morgan fingerprint density at radius 2 is 2.00 bits per heavy atom. The van der Waals surface area contributed by atoms with Gasteiger partial charge in [-0.15, -0.1) is 0 Å². The van der Waals surface area contributed by atoms with E-state index in [1.165, 1.54) is 19.3 Å². The predicted octanol–water partition coefficient (Wildman–Crippen LogP) is 3.74. The zero-order valence-corrected chi connectivity index (χ0v) is 13.6. The lowest BCUT2D eigenvalue weighted by Crippen LogP contribution is -2.38. The van der Waals surface area contributed by atoms with Crippen molar-refractivity contribution < 1.29 is 4.79 Å². The standard InChI is InChI=1S/C18H28N2O/c1-18(2,3)12-14-6-8-16(9-7-14)20-17(21)11-15-5-4-10-19-13-15/h4-5,10,13-14,16H,6-9,11-12H2,1-3H3,(H,20,21)/t14-,16-. The van der Waals surface area contributed by atoms with Crippen molar-refractivity contribution in [3.8, 4) is 0 Å². The number of pyridine rings is 1. The highest BCUT2D eigenvalue weighted by Crippen LogP contribution is 2.34. The number of nitrogens with zero attached hydrogens (tertiary/aromatic N) is 1. The normalized spacial score (nSPS) is 22.8. The molecule has 0 atom stereocenters. The molecule has 1 aromatic heterocycles. The Labute approximate surface area is 128 Å². The topological polar surface area (TPSA) is 42.0 Å². The number of carbonyl (C=O) groups excluding carboxylic acids is 1. The summed E-state index contributed by atoms with van der Waals surface area (Å²) < 4.78 is 0. The fraction of sp³-hybridized carbons (Fsp3) is 0.667. The van der Waals surface area contributed by atoms with Gasteiger partial charge in [0.1, 0.15) is 0 Å². The minimum absolute atomic E-state index is 0.127. The highest BCUT2D eigenvalue weighted by Gasteiger charge is 2.25. The fourth-order valence-corrected chi connectivity index (χ4v) is 3.34. The first-order chi connectivity index (χ1) is 9.92. The lowest BCUT2D eigenvalue weighted by Gasteiger charge is -2.33. The Morgan fingerprint density at radius 3 is 2.57 bits per heavy atom. The third-order valence-electron chi connectivity index (χ3n) is 4.20. The van der Waals surface area contributed by atoms with E-state index < -0.39 is 0 Å². The lowest BCUT2D eigenvalue weighted by atomic mass is 9.76. The van der Waals surface area contributed by atoms with Gasteiger partial charge in [0.05, 0.1) is 6.42 Å². The molecule has 0 unspecified atom stereocenters. The van der Waals surface area contributed by atoms with Gasteiger partial charge in [0.25, 0.3) is 0 Å². The van der Waals surface area contributed by atoms with E-state index >= 15 is 0 Å². The van der Waals surface area contributed by atoms with Gasteiger partial charge in [-0.05, 0) is 55.1 Å². The quantitative estimate of drug-likeness (QED) is 0.917. The van der Waals surface area contributed by atoms with Crippen LogP contribution in [0.25, 0.3) is 0 Å². The monoisotopic (exact) mass is 288 g/mol. The Balaban J connectivity index is 1.72. The number of carbonyl (C=O) groups is 1. The summed E-state index contributed by atoms with van der Waals surface area (Å²) in [5.41, 5.74) is 1.40. The van der Waals surface area contributed by atoms with Crippen LogP contribution in [0.4, 0.5) is 0 Å². The van der Waals surface area contributed by atoms with E-state index in [9.17, 15) is 4.79 Å². The number of aromatic nitrogens is 1. The molecule has 3 heteroatoms. The number of rotatable bonds is 4. The first-order valence-electron chi connectivity index (χ1n) is 8.11. The first-order valence-corrected chi connectivity index (χ1v) is 8.11. The van der Waals surface area contributed by atoms with Crippen molar-refractivity contribution in [3.05, 3.63) is 30.1 Å². The molecule has 0 saturated heterocycles. The summed E-state index contributed by atoms with van der Waals surface area (Å²) in [6.07, 6.45) is 9.97. The molecule has 3 nitrogen and oxygen atoms in total. The van der Waals surface area contributed by atoms with Crippen LogP contribution in [-0.2, 0) is 11.2 Å². The van der Waals surface area contributed by atoms with Crippen molar-refractivity contribution in [1.82, 2.24) is 10.3 Å². The molecule has 1 N–H and O–H groups in total. The predicted molar refractivity (Wildman–Crippen MR) is 85.9 cm³/mol. The van der Waals surface area contributed by atoms with Crippen molar-refractivity contribution in [2.24, 2.45) is 11.3 Å².